The number of allylic oxidation sites excluding steroid dienone is 1. The van der Waals surface area contributed by atoms with Crippen LogP contribution in [0.4, 0.5) is 0 Å². The third kappa shape index (κ3) is 5.25. The first-order valence-electron chi connectivity index (χ1n) is 10.8. The molecular weight excluding hydrogens is 422 g/mol. The van der Waals surface area contributed by atoms with Crippen molar-refractivity contribution < 1.29 is 28.6 Å². The molecule has 7 nitrogen and oxygen atoms in total. The fourth-order valence-corrected chi connectivity index (χ4v) is 4.06. The van der Waals surface area contributed by atoms with Crippen LogP contribution in [0.25, 0.3) is 0 Å². The highest BCUT2D eigenvalue weighted by atomic mass is 16.5. The molecule has 174 valence electrons. The molecule has 0 aromatic heterocycles. The number of amides is 1. The lowest BCUT2D eigenvalue weighted by molar-refractivity contribution is -0.143. The van der Waals surface area contributed by atoms with Crippen LogP contribution in [0.1, 0.15) is 54.6 Å². The van der Waals surface area contributed by atoms with Gasteiger partial charge in [0.05, 0.1) is 38.0 Å². The largest absolute Gasteiger partial charge is 0.496 e. The van der Waals surface area contributed by atoms with Crippen molar-refractivity contribution in [1.82, 2.24) is 4.90 Å². The van der Waals surface area contributed by atoms with Crippen LogP contribution >= 0.6 is 0 Å². The fourth-order valence-electron chi connectivity index (χ4n) is 4.06. The first-order valence-corrected chi connectivity index (χ1v) is 10.8. The molecule has 0 spiro atoms. The third-order valence-electron chi connectivity index (χ3n) is 5.59. The summed E-state index contributed by atoms with van der Waals surface area (Å²) in [6.45, 7) is 5.54. The maximum atomic E-state index is 13.3. The molecule has 0 N–H and O–H groups in total. The van der Waals surface area contributed by atoms with Crippen molar-refractivity contribution in [3.8, 4) is 5.75 Å². The molecule has 1 unspecified atom stereocenters. The van der Waals surface area contributed by atoms with Crippen LogP contribution < -0.4 is 4.74 Å². The Balaban J connectivity index is 2.05. The molecule has 1 atom stereocenters. The van der Waals surface area contributed by atoms with Crippen LogP contribution in [0.15, 0.2) is 59.8 Å². The molecule has 1 heterocycles. The summed E-state index contributed by atoms with van der Waals surface area (Å²) in [6, 6.07) is 14.3. The Morgan fingerprint density at radius 2 is 1.79 bits per heavy atom. The minimum atomic E-state index is -0.488. The molecule has 0 saturated heterocycles. The van der Waals surface area contributed by atoms with Gasteiger partial charge < -0.3 is 19.1 Å². The molecule has 2 aromatic rings. The number of esters is 2. The molecule has 3 rings (SSSR count). The highest BCUT2D eigenvalue weighted by Crippen LogP contribution is 2.41. The molecule has 0 saturated carbocycles. The van der Waals surface area contributed by atoms with Gasteiger partial charge in [0.1, 0.15) is 5.75 Å². The van der Waals surface area contributed by atoms with E-state index in [0.29, 0.717) is 22.6 Å². The molecule has 7 heteroatoms. The van der Waals surface area contributed by atoms with Gasteiger partial charge >= 0.3 is 11.9 Å². The molecule has 0 radical (unpaired) electrons. The molecule has 0 aliphatic carbocycles. The number of carbonyl (C=O) groups excluding carboxylic acids is 3. The van der Waals surface area contributed by atoms with E-state index in [1.807, 2.05) is 30.3 Å². The third-order valence-corrected chi connectivity index (χ3v) is 5.59. The van der Waals surface area contributed by atoms with Crippen molar-refractivity contribution in [3.63, 3.8) is 0 Å². The molecule has 0 fully saturated rings. The second kappa shape index (κ2) is 10.3. The predicted molar refractivity (Wildman–Crippen MR) is 123 cm³/mol. The zero-order valence-corrected chi connectivity index (χ0v) is 19.6. The van der Waals surface area contributed by atoms with Gasteiger partial charge in [-0.3, -0.25) is 4.79 Å². The van der Waals surface area contributed by atoms with Crippen LogP contribution in [0.5, 0.6) is 5.75 Å². The second-order valence-electron chi connectivity index (χ2n) is 8.12. The van der Waals surface area contributed by atoms with Crippen molar-refractivity contribution in [2.45, 2.75) is 45.8 Å². The summed E-state index contributed by atoms with van der Waals surface area (Å²) in [4.78, 5) is 39.9. The number of benzene rings is 2. The van der Waals surface area contributed by atoms with E-state index < -0.39 is 17.9 Å². The van der Waals surface area contributed by atoms with E-state index in [4.69, 9.17) is 14.2 Å². The van der Waals surface area contributed by atoms with E-state index in [9.17, 15) is 14.4 Å². The Morgan fingerprint density at radius 3 is 2.45 bits per heavy atom. The van der Waals surface area contributed by atoms with Crippen molar-refractivity contribution in [1.29, 1.82) is 0 Å². The minimum Gasteiger partial charge on any atom is -0.496 e. The van der Waals surface area contributed by atoms with Crippen LogP contribution in [0, 0.1) is 0 Å². The lowest BCUT2D eigenvalue weighted by atomic mass is 9.83. The average Bonchev–Trinajstić information content (AvgIpc) is 2.80. The van der Waals surface area contributed by atoms with Crippen molar-refractivity contribution in [3.05, 3.63) is 76.5 Å². The number of hydrogen-bond donors (Lipinski definition) is 0. The Hall–Kier alpha value is -3.61. The van der Waals surface area contributed by atoms with Crippen LogP contribution in [-0.2, 0) is 25.6 Å². The summed E-state index contributed by atoms with van der Waals surface area (Å²) in [7, 11) is 2.88. The number of carbonyl (C=O) groups is 3. The summed E-state index contributed by atoms with van der Waals surface area (Å²) in [6.07, 6.45) is -0.212. The topological polar surface area (TPSA) is 82.1 Å². The van der Waals surface area contributed by atoms with E-state index in [0.717, 1.165) is 11.1 Å². The predicted octanol–water partition coefficient (Wildman–Crippen LogP) is 4.22. The normalized spacial score (nSPS) is 16.1. The summed E-state index contributed by atoms with van der Waals surface area (Å²) >= 11 is 0. The monoisotopic (exact) mass is 451 g/mol. The first kappa shape index (κ1) is 24.0. The Labute approximate surface area is 193 Å². The first-order chi connectivity index (χ1) is 15.8. The Bertz CT molecular complexity index is 1090. The molecule has 1 aliphatic heterocycles. The highest BCUT2D eigenvalue weighted by Gasteiger charge is 2.38. The second-order valence-corrected chi connectivity index (χ2v) is 8.12. The fraction of sp³-hybridized carbons (Fsp3) is 0.346. The summed E-state index contributed by atoms with van der Waals surface area (Å²) in [5.41, 5.74) is 2.86. The van der Waals surface area contributed by atoms with E-state index in [1.165, 1.54) is 7.11 Å². The van der Waals surface area contributed by atoms with Crippen molar-refractivity contribution >= 4 is 17.8 Å². The van der Waals surface area contributed by atoms with Crippen LogP contribution in [-0.4, -0.2) is 43.1 Å². The Kier molecular flexibility index (Phi) is 7.53. The minimum absolute atomic E-state index is 0.0942. The lowest BCUT2D eigenvalue weighted by Gasteiger charge is -2.35. The summed E-state index contributed by atoms with van der Waals surface area (Å²) in [5, 5.41) is 0. The number of rotatable bonds is 7. The van der Waals surface area contributed by atoms with Gasteiger partial charge in [0.2, 0.25) is 5.91 Å². The SMILES string of the molecule is COC(=O)c1cccc(CN2C(=O)CC(c3ccccc3OC)C(C(=O)OC(C)C)=C2C)c1. The van der Waals surface area contributed by atoms with E-state index >= 15 is 0 Å². The maximum absolute atomic E-state index is 13.3. The quantitative estimate of drug-likeness (QED) is 0.586. The average molecular weight is 452 g/mol. The van der Waals surface area contributed by atoms with E-state index in [2.05, 4.69) is 0 Å². The number of hydrogen-bond acceptors (Lipinski definition) is 6. The van der Waals surface area contributed by atoms with Gasteiger partial charge in [-0.25, -0.2) is 9.59 Å². The zero-order valence-electron chi connectivity index (χ0n) is 19.6. The number of methoxy groups -OCH3 is 2. The van der Waals surface area contributed by atoms with Gasteiger partial charge in [-0.2, -0.15) is 0 Å². The van der Waals surface area contributed by atoms with Gasteiger partial charge in [-0.1, -0.05) is 30.3 Å². The zero-order chi connectivity index (χ0) is 24.1. The maximum Gasteiger partial charge on any atom is 0.337 e. The van der Waals surface area contributed by atoms with Gasteiger partial charge in [0.25, 0.3) is 0 Å². The van der Waals surface area contributed by atoms with Crippen LogP contribution in [0.3, 0.4) is 0 Å². The highest BCUT2D eigenvalue weighted by molar-refractivity contribution is 5.96. The van der Waals surface area contributed by atoms with Gasteiger partial charge in [-0.15, -0.1) is 0 Å². The number of para-hydroxylation sites is 1. The van der Waals surface area contributed by atoms with Crippen molar-refractivity contribution in [2.24, 2.45) is 0 Å². The molecule has 1 amide bonds. The van der Waals surface area contributed by atoms with Gasteiger partial charge in [0.15, 0.2) is 0 Å². The van der Waals surface area contributed by atoms with Gasteiger partial charge in [-0.05, 0) is 44.5 Å². The van der Waals surface area contributed by atoms with Crippen LogP contribution in [0.2, 0.25) is 0 Å². The van der Waals surface area contributed by atoms with Gasteiger partial charge in [0, 0.05) is 23.6 Å². The molecule has 2 aromatic carbocycles. The van der Waals surface area contributed by atoms with Crippen molar-refractivity contribution in [2.75, 3.05) is 14.2 Å². The molecule has 33 heavy (non-hydrogen) atoms. The molecular formula is C26H29NO6. The molecule has 1 aliphatic rings. The summed E-state index contributed by atoms with van der Waals surface area (Å²) in [5.74, 6) is -0.923. The van der Waals surface area contributed by atoms with E-state index in [1.54, 1.807) is 51.0 Å². The van der Waals surface area contributed by atoms with E-state index in [-0.39, 0.29) is 25.0 Å². The number of ether oxygens (including phenoxy) is 3. The smallest absolute Gasteiger partial charge is 0.337 e. The number of nitrogens with zero attached hydrogens (tertiary/aromatic N) is 1. The standard InChI is InChI=1S/C26H29NO6/c1-16(2)33-26(30)24-17(3)27(15-18-9-8-10-19(13-18)25(29)32-5)23(28)14-21(24)20-11-6-7-12-22(20)31-4/h6-13,16,21H,14-15H2,1-5H3. The summed E-state index contributed by atoms with van der Waals surface area (Å²) < 4.78 is 15.8. The lowest BCUT2D eigenvalue weighted by Crippen LogP contribution is -2.38. The Morgan fingerprint density at radius 1 is 1.06 bits per heavy atom. The molecule has 0 bridgehead atoms.